The summed E-state index contributed by atoms with van der Waals surface area (Å²) in [7, 11) is 0. The summed E-state index contributed by atoms with van der Waals surface area (Å²) < 4.78 is 67.2. The van der Waals surface area contributed by atoms with Crippen molar-refractivity contribution >= 4 is 5.69 Å². The Morgan fingerprint density at radius 1 is 1.00 bits per heavy atom. The average Bonchev–Trinajstić information content (AvgIpc) is 2.90. The Morgan fingerprint density at radius 3 is 2.10 bits per heavy atom. The first kappa shape index (κ1) is 14.3. The molecule has 0 aliphatic heterocycles. The van der Waals surface area contributed by atoms with E-state index in [1.54, 1.807) is 13.0 Å². The second kappa shape index (κ2) is 5.48. The van der Waals surface area contributed by atoms with Gasteiger partial charge in [0.1, 0.15) is 5.69 Å². The highest BCUT2D eigenvalue weighted by molar-refractivity contribution is 5.47. The lowest BCUT2D eigenvalue weighted by Crippen LogP contribution is -2.12. The second-order valence-electron chi connectivity index (χ2n) is 3.94. The molecule has 0 aliphatic carbocycles. The largest absolute Gasteiger partial charge is 0.374 e. The summed E-state index contributed by atoms with van der Waals surface area (Å²) in [4.78, 5) is 0. The number of rotatable bonds is 4. The van der Waals surface area contributed by atoms with Gasteiger partial charge in [-0.3, -0.25) is 4.68 Å². The number of hydrogen-bond donors (Lipinski definition) is 1. The van der Waals surface area contributed by atoms with Crippen molar-refractivity contribution in [1.29, 1.82) is 0 Å². The molecule has 0 aliphatic rings. The molecule has 2 rings (SSSR count). The Hall–Kier alpha value is -2.12. The van der Waals surface area contributed by atoms with E-state index in [-0.39, 0.29) is 6.54 Å². The summed E-state index contributed by atoms with van der Waals surface area (Å²) >= 11 is 0. The van der Waals surface area contributed by atoms with Gasteiger partial charge in [0.25, 0.3) is 0 Å². The van der Waals surface area contributed by atoms with Crippen LogP contribution in [0.5, 0.6) is 0 Å². The molecule has 1 aromatic carbocycles. The minimum Gasteiger partial charge on any atom is -0.374 e. The molecule has 2 aromatic rings. The normalized spacial score (nSPS) is 10.9. The van der Waals surface area contributed by atoms with Crippen molar-refractivity contribution in [1.82, 2.24) is 9.78 Å². The Kier molecular flexibility index (Phi) is 3.91. The third-order valence-corrected chi connectivity index (χ3v) is 2.76. The number of aryl methyl sites for hydroxylation is 1. The maximum Gasteiger partial charge on any atom is 0.200 e. The van der Waals surface area contributed by atoms with Gasteiger partial charge in [0.15, 0.2) is 23.3 Å². The molecule has 1 heterocycles. The van der Waals surface area contributed by atoms with Crippen molar-refractivity contribution in [2.75, 3.05) is 5.32 Å². The van der Waals surface area contributed by atoms with Gasteiger partial charge in [0.2, 0.25) is 5.82 Å². The maximum atomic E-state index is 13.4. The zero-order chi connectivity index (χ0) is 14.9. The van der Waals surface area contributed by atoms with Gasteiger partial charge < -0.3 is 5.32 Å². The quantitative estimate of drug-likeness (QED) is 0.532. The van der Waals surface area contributed by atoms with Gasteiger partial charge in [-0.25, -0.2) is 22.0 Å². The smallest absolute Gasteiger partial charge is 0.200 e. The van der Waals surface area contributed by atoms with E-state index in [4.69, 9.17) is 0 Å². The fourth-order valence-corrected chi connectivity index (χ4v) is 1.73. The van der Waals surface area contributed by atoms with Crippen LogP contribution >= 0.6 is 0 Å². The standard InChI is InChI=1S/C12H10F5N3/c1-2-20-6(3-4-19-20)5-18-12-10(16)8(14)7(13)9(15)11(12)17/h3-4,18H,2,5H2,1H3. The zero-order valence-electron chi connectivity index (χ0n) is 10.4. The Balaban J connectivity index is 2.31. The molecule has 1 aromatic heterocycles. The van der Waals surface area contributed by atoms with E-state index in [1.165, 1.54) is 10.9 Å². The zero-order valence-corrected chi connectivity index (χ0v) is 10.4. The van der Waals surface area contributed by atoms with Gasteiger partial charge in [0.05, 0.1) is 12.2 Å². The number of aromatic nitrogens is 2. The summed E-state index contributed by atoms with van der Waals surface area (Å²) in [6, 6.07) is 1.57. The highest BCUT2D eigenvalue weighted by atomic mass is 19.2. The molecular weight excluding hydrogens is 281 g/mol. The van der Waals surface area contributed by atoms with Crippen LogP contribution in [0, 0.1) is 29.1 Å². The third-order valence-electron chi connectivity index (χ3n) is 2.76. The number of anilines is 1. The molecule has 0 saturated carbocycles. The molecule has 20 heavy (non-hydrogen) atoms. The van der Waals surface area contributed by atoms with Gasteiger partial charge in [-0.05, 0) is 13.0 Å². The topological polar surface area (TPSA) is 29.9 Å². The highest BCUT2D eigenvalue weighted by Crippen LogP contribution is 2.27. The van der Waals surface area contributed by atoms with Gasteiger partial charge in [-0.15, -0.1) is 0 Å². The lowest BCUT2D eigenvalue weighted by Gasteiger charge is -2.11. The lowest BCUT2D eigenvalue weighted by molar-refractivity contribution is 0.381. The fourth-order valence-electron chi connectivity index (χ4n) is 1.73. The molecule has 0 spiro atoms. The van der Waals surface area contributed by atoms with E-state index in [2.05, 4.69) is 10.4 Å². The molecule has 0 bridgehead atoms. The van der Waals surface area contributed by atoms with E-state index in [9.17, 15) is 22.0 Å². The van der Waals surface area contributed by atoms with Gasteiger partial charge in [-0.1, -0.05) is 0 Å². The minimum atomic E-state index is -2.18. The number of halogens is 5. The number of nitrogens with one attached hydrogen (secondary N) is 1. The van der Waals surface area contributed by atoms with Crippen molar-refractivity contribution in [2.24, 2.45) is 0 Å². The predicted molar refractivity (Wildman–Crippen MR) is 61.5 cm³/mol. The average molecular weight is 291 g/mol. The fraction of sp³-hybridized carbons (Fsp3) is 0.250. The first-order chi connectivity index (χ1) is 9.47. The maximum absolute atomic E-state index is 13.4. The summed E-state index contributed by atoms with van der Waals surface area (Å²) in [5, 5.41) is 6.13. The summed E-state index contributed by atoms with van der Waals surface area (Å²) in [5.74, 6) is -9.90. The lowest BCUT2D eigenvalue weighted by atomic mass is 10.2. The number of hydrogen-bond acceptors (Lipinski definition) is 2. The molecular formula is C12H10F5N3. The monoisotopic (exact) mass is 291 g/mol. The summed E-state index contributed by atoms with van der Waals surface area (Å²) in [6.07, 6.45) is 1.47. The van der Waals surface area contributed by atoms with Crippen molar-refractivity contribution in [3.63, 3.8) is 0 Å². The van der Waals surface area contributed by atoms with E-state index in [0.717, 1.165) is 0 Å². The van der Waals surface area contributed by atoms with Crippen LogP contribution in [0.2, 0.25) is 0 Å². The molecule has 0 saturated heterocycles. The van der Waals surface area contributed by atoms with Crippen LogP contribution in [0.15, 0.2) is 12.3 Å². The van der Waals surface area contributed by atoms with Crippen molar-refractivity contribution in [3.8, 4) is 0 Å². The van der Waals surface area contributed by atoms with Crippen molar-refractivity contribution < 1.29 is 22.0 Å². The summed E-state index contributed by atoms with van der Waals surface area (Å²) in [5.41, 5.74) is -0.498. The van der Waals surface area contributed by atoms with Crippen LogP contribution in [-0.4, -0.2) is 9.78 Å². The highest BCUT2D eigenvalue weighted by Gasteiger charge is 2.25. The van der Waals surface area contributed by atoms with Crippen LogP contribution in [0.4, 0.5) is 27.6 Å². The van der Waals surface area contributed by atoms with Crippen molar-refractivity contribution in [2.45, 2.75) is 20.0 Å². The van der Waals surface area contributed by atoms with E-state index in [1.807, 2.05) is 0 Å². The van der Waals surface area contributed by atoms with Crippen LogP contribution in [-0.2, 0) is 13.1 Å². The van der Waals surface area contributed by atoms with Crippen LogP contribution in [0.1, 0.15) is 12.6 Å². The minimum absolute atomic E-state index is 0.119. The van der Waals surface area contributed by atoms with Crippen LogP contribution in [0.3, 0.4) is 0 Å². The first-order valence-corrected chi connectivity index (χ1v) is 5.73. The number of nitrogens with zero attached hydrogens (tertiary/aromatic N) is 2. The molecule has 108 valence electrons. The van der Waals surface area contributed by atoms with E-state index >= 15 is 0 Å². The number of benzene rings is 1. The molecule has 0 amide bonds. The van der Waals surface area contributed by atoms with E-state index < -0.39 is 34.8 Å². The predicted octanol–water partition coefficient (Wildman–Crippen LogP) is 3.21. The van der Waals surface area contributed by atoms with Gasteiger partial charge in [-0.2, -0.15) is 5.10 Å². The van der Waals surface area contributed by atoms with Crippen LogP contribution < -0.4 is 5.32 Å². The SMILES string of the molecule is CCn1nccc1CNc1c(F)c(F)c(F)c(F)c1F. The molecule has 0 unspecified atom stereocenters. The van der Waals surface area contributed by atoms with Gasteiger partial charge in [0, 0.05) is 12.7 Å². The van der Waals surface area contributed by atoms with Crippen LogP contribution in [0.25, 0.3) is 0 Å². The molecule has 1 N–H and O–H groups in total. The molecule has 0 radical (unpaired) electrons. The van der Waals surface area contributed by atoms with Crippen molar-refractivity contribution in [3.05, 3.63) is 47.0 Å². The molecule has 0 atom stereocenters. The molecule has 8 heteroatoms. The van der Waals surface area contributed by atoms with E-state index in [0.29, 0.717) is 12.2 Å². The Bertz CT molecular complexity index is 609. The second-order valence-corrected chi connectivity index (χ2v) is 3.94. The Morgan fingerprint density at radius 2 is 1.55 bits per heavy atom. The summed E-state index contributed by atoms with van der Waals surface area (Å²) in [6.45, 7) is 2.20. The first-order valence-electron chi connectivity index (χ1n) is 5.73. The molecule has 3 nitrogen and oxygen atoms in total. The van der Waals surface area contributed by atoms with Gasteiger partial charge >= 0.3 is 0 Å². The Labute approximate surface area is 111 Å². The molecule has 0 fully saturated rings. The third kappa shape index (κ3) is 2.33.